The first-order chi connectivity index (χ1) is 16.6. The van der Waals surface area contributed by atoms with Crippen LogP contribution in [0.1, 0.15) is 17.8 Å². The lowest BCUT2D eigenvalue weighted by atomic mass is 10.2. The molecule has 2 aromatic carbocycles. The first kappa shape index (κ1) is 23.8. The maximum absolute atomic E-state index is 12.6. The summed E-state index contributed by atoms with van der Waals surface area (Å²) < 4.78 is 2.01. The number of nitrogens with one attached hydrogen (secondary N) is 1. The Bertz CT molecular complexity index is 1080. The zero-order valence-electron chi connectivity index (χ0n) is 19.4. The van der Waals surface area contributed by atoms with Crippen LogP contribution in [0.15, 0.2) is 65.8 Å². The molecule has 4 rings (SSSR count). The van der Waals surface area contributed by atoms with E-state index in [9.17, 15) is 9.59 Å². The number of thioether (sulfide) groups is 1. The molecular weight excluding hydrogens is 448 g/mol. The number of piperazine rings is 1. The summed E-state index contributed by atoms with van der Waals surface area (Å²) in [5.41, 5.74) is 2.34. The first-order valence-corrected chi connectivity index (χ1v) is 12.5. The number of nitrogens with zero attached hydrogens (tertiary/aromatic N) is 5. The van der Waals surface area contributed by atoms with Crippen LogP contribution in [-0.4, -0.2) is 70.0 Å². The molecule has 2 heterocycles. The highest BCUT2D eigenvalue weighted by atomic mass is 32.2. The van der Waals surface area contributed by atoms with E-state index in [0.29, 0.717) is 37.8 Å². The monoisotopic (exact) mass is 478 g/mol. The van der Waals surface area contributed by atoms with Crippen LogP contribution in [0.3, 0.4) is 0 Å². The molecule has 1 aliphatic rings. The lowest BCUT2D eigenvalue weighted by Crippen LogP contribution is -2.49. The van der Waals surface area contributed by atoms with Crippen molar-refractivity contribution >= 4 is 29.3 Å². The van der Waals surface area contributed by atoms with Gasteiger partial charge in [-0.1, -0.05) is 60.3 Å². The number of carbonyl (C=O) groups is 2. The molecule has 0 unspecified atom stereocenters. The van der Waals surface area contributed by atoms with Crippen molar-refractivity contribution in [3.63, 3.8) is 0 Å². The van der Waals surface area contributed by atoms with E-state index in [0.717, 1.165) is 24.5 Å². The molecule has 3 aromatic rings. The van der Waals surface area contributed by atoms with Gasteiger partial charge in [-0.05, 0) is 24.6 Å². The molecule has 1 saturated heterocycles. The van der Waals surface area contributed by atoms with Gasteiger partial charge in [-0.25, -0.2) is 0 Å². The van der Waals surface area contributed by atoms with Crippen molar-refractivity contribution in [1.29, 1.82) is 0 Å². The van der Waals surface area contributed by atoms with Crippen molar-refractivity contribution in [2.45, 2.75) is 25.0 Å². The molecule has 2 amide bonds. The quantitative estimate of drug-likeness (QED) is 0.476. The van der Waals surface area contributed by atoms with Gasteiger partial charge in [0.2, 0.25) is 11.8 Å². The van der Waals surface area contributed by atoms with Crippen LogP contribution in [0, 0.1) is 6.92 Å². The molecule has 0 atom stereocenters. The highest BCUT2D eigenvalue weighted by molar-refractivity contribution is 7.99. The van der Waals surface area contributed by atoms with E-state index in [1.54, 1.807) is 0 Å². The molecule has 1 aliphatic heterocycles. The Morgan fingerprint density at radius 1 is 0.941 bits per heavy atom. The summed E-state index contributed by atoms with van der Waals surface area (Å²) in [7, 11) is 0. The molecule has 0 aliphatic carbocycles. The highest BCUT2D eigenvalue weighted by Gasteiger charge is 2.21. The molecule has 1 N–H and O–H groups in total. The molecule has 178 valence electrons. The van der Waals surface area contributed by atoms with Crippen LogP contribution in [0.5, 0.6) is 0 Å². The van der Waals surface area contributed by atoms with Crippen LogP contribution >= 0.6 is 11.8 Å². The van der Waals surface area contributed by atoms with Crippen LogP contribution in [0.25, 0.3) is 0 Å². The number of carbonyl (C=O) groups excluding carboxylic acids is 2. The van der Waals surface area contributed by atoms with Crippen LogP contribution in [0.4, 0.5) is 5.69 Å². The molecule has 9 heteroatoms. The summed E-state index contributed by atoms with van der Waals surface area (Å²) in [6.45, 7) is 5.96. The number of rotatable bonds is 9. The number of aryl methyl sites for hydroxylation is 1. The van der Waals surface area contributed by atoms with Gasteiger partial charge in [0.15, 0.2) is 5.16 Å². The Kier molecular flexibility index (Phi) is 8.19. The Morgan fingerprint density at radius 3 is 2.32 bits per heavy atom. The molecule has 34 heavy (non-hydrogen) atoms. The van der Waals surface area contributed by atoms with Crippen molar-refractivity contribution in [1.82, 2.24) is 25.0 Å². The van der Waals surface area contributed by atoms with E-state index in [1.807, 2.05) is 52.8 Å². The largest absolute Gasteiger partial charge is 0.368 e. The van der Waals surface area contributed by atoms with Crippen LogP contribution in [0.2, 0.25) is 0 Å². The van der Waals surface area contributed by atoms with Gasteiger partial charge in [0.1, 0.15) is 5.82 Å². The van der Waals surface area contributed by atoms with E-state index < -0.39 is 0 Å². The molecule has 1 fully saturated rings. The number of amides is 2. The van der Waals surface area contributed by atoms with Gasteiger partial charge in [0, 0.05) is 44.8 Å². The Balaban J connectivity index is 1.17. The standard InChI is InChI=1S/C25H30N6O2S/c1-20-27-28-25(31(20)18-21-8-4-2-5-9-21)34-19-23(32)26-13-12-24(33)30-16-14-29(15-17-30)22-10-6-3-7-11-22/h2-11H,12-19H2,1H3,(H,26,32). The second-order valence-electron chi connectivity index (χ2n) is 8.19. The summed E-state index contributed by atoms with van der Waals surface area (Å²) >= 11 is 1.36. The number of hydrogen-bond acceptors (Lipinski definition) is 6. The van der Waals surface area contributed by atoms with E-state index in [2.05, 4.69) is 44.7 Å². The Morgan fingerprint density at radius 2 is 1.62 bits per heavy atom. The molecule has 0 bridgehead atoms. The van der Waals surface area contributed by atoms with Gasteiger partial charge in [-0.3, -0.25) is 9.59 Å². The van der Waals surface area contributed by atoms with Gasteiger partial charge in [-0.2, -0.15) is 0 Å². The normalized spacial score (nSPS) is 13.7. The predicted octanol–water partition coefficient (Wildman–Crippen LogP) is 2.58. The van der Waals surface area contributed by atoms with Gasteiger partial charge < -0.3 is 19.7 Å². The lowest BCUT2D eigenvalue weighted by Gasteiger charge is -2.36. The summed E-state index contributed by atoms with van der Waals surface area (Å²) in [5, 5.41) is 11.9. The average Bonchev–Trinajstić information content (AvgIpc) is 3.23. The fourth-order valence-corrected chi connectivity index (χ4v) is 4.73. The second kappa shape index (κ2) is 11.7. The maximum Gasteiger partial charge on any atom is 0.230 e. The van der Waals surface area contributed by atoms with Crippen LogP contribution in [-0.2, 0) is 16.1 Å². The summed E-state index contributed by atoms with van der Waals surface area (Å²) in [4.78, 5) is 29.1. The van der Waals surface area contributed by atoms with Crippen molar-refractivity contribution < 1.29 is 9.59 Å². The third-order valence-electron chi connectivity index (χ3n) is 5.83. The summed E-state index contributed by atoms with van der Waals surface area (Å²) in [6.07, 6.45) is 0.311. The zero-order valence-corrected chi connectivity index (χ0v) is 20.2. The average molecular weight is 479 g/mol. The third kappa shape index (κ3) is 6.38. The van der Waals surface area contributed by atoms with Gasteiger partial charge in [0.05, 0.1) is 12.3 Å². The highest BCUT2D eigenvalue weighted by Crippen LogP contribution is 2.18. The molecule has 0 saturated carbocycles. The zero-order chi connectivity index (χ0) is 23.8. The summed E-state index contributed by atoms with van der Waals surface area (Å²) in [5.74, 6) is 1.01. The van der Waals surface area contributed by atoms with Crippen LogP contribution < -0.4 is 10.2 Å². The van der Waals surface area contributed by atoms with Gasteiger partial charge >= 0.3 is 0 Å². The number of anilines is 1. The number of aromatic nitrogens is 3. The van der Waals surface area contributed by atoms with E-state index in [4.69, 9.17) is 0 Å². The molecule has 0 spiro atoms. The Labute approximate surface area is 204 Å². The minimum atomic E-state index is -0.112. The lowest BCUT2D eigenvalue weighted by molar-refractivity contribution is -0.131. The fourth-order valence-electron chi connectivity index (χ4n) is 3.92. The minimum absolute atomic E-state index is 0.0823. The smallest absolute Gasteiger partial charge is 0.230 e. The van der Waals surface area contributed by atoms with Gasteiger partial charge in [0.25, 0.3) is 0 Å². The molecular formula is C25H30N6O2S. The minimum Gasteiger partial charge on any atom is -0.368 e. The van der Waals surface area contributed by atoms with E-state index >= 15 is 0 Å². The van der Waals surface area contributed by atoms with Crippen molar-refractivity contribution in [2.75, 3.05) is 43.4 Å². The predicted molar refractivity (Wildman–Crippen MR) is 134 cm³/mol. The third-order valence-corrected chi connectivity index (χ3v) is 6.80. The van der Waals surface area contributed by atoms with E-state index in [1.165, 1.54) is 17.4 Å². The second-order valence-corrected chi connectivity index (χ2v) is 9.14. The summed E-state index contributed by atoms with van der Waals surface area (Å²) in [6, 6.07) is 20.3. The number of benzene rings is 2. The van der Waals surface area contributed by atoms with Crippen molar-refractivity contribution in [2.24, 2.45) is 0 Å². The van der Waals surface area contributed by atoms with E-state index in [-0.39, 0.29) is 17.6 Å². The topological polar surface area (TPSA) is 83.4 Å². The fraction of sp³-hybridized carbons (Fsp3) is 0.360. The maximum atomic E-state index is 12.6. The first-order valence-electron chi connectivity index (χ1n) is 11.5. The van der Waals surface area contributed by atoms with Crippen molar-refractivity contribution in [3.8, 4) is 0 Å². The molecule has 1 aromatic heterocycles. The number of para-hydroxylation sites is 1. The Hall–Kier alpha value is -3.33. The number of hydrogen-bond donors (Lipinski definition) is 1. The van der Waals surface area contributed by atoms with Crippen molar-refractivity contribution in [3.05, 3.63) is 72.1 Å². The van der Waals surface area contributed by atoms with Gasteiger partial charge in [-0.15, -0.1) is 10.2 Å². The molecule has 0 radical (unpaired) electrons. The SMILES string of the molecule is Cc1nnc(SCC(=O)NCCC(=O)N2CCN(c3ccccc3)CC2)n1Cc1ccccc1. The molecule has 8 nitrogen and oxygen atoms in total.